The van der Waals surface area contributed by atoms with Crippen LogP contribution in [0.25, 0.3) is 0 Å². The molecule has 0 unspecified atom stereocenters. The van der Waals surface area contributed by atoms with Crippen LogP contribution in [-0.2, 0) is 4.79 Å². The second-order valence-electron chi connectivity index (χ2n) is 7.42. The van der Waals surface area contributed by atoms with Crippen LogP contribution in [-0.4, -0.2) is 75.1 Å². The van der Waals surface area contributed by atoms with Gasteiger partial charge in [-0.2, -0.15) is 0 Å². The van der Waals surface area contributed by atoms with E-state index in [2.05, 4.69) is 20.1 Å². The van der Waals surface area contributed by atoms with E-state index in [0.717, 1.165) is 70.1 Å². The number of piperidine rings is 1. The summed E-state index contributed by atoms with van der Waals surface area (Å²) in [6.45, 7) is 5.19. The summed E-state index contributed by atoms with van der Waals surface area (Å²) >= 11 is 5.88. The predicted octanol–water partition coefficient (Wildman–Crippen LogP) is 2.82. The predicted molar refractivity (Wildman–Crippen MR) is 134 cm³/mol. The lowest BCUT2D eigenvalue weighted by atomic mass is 9.96. The molecule has 0 bridgehead atoms. The van der Waals surface area contributed by atoms with Gasteiger partial charge in [0.15, 0.2) is 5.96 Å². The second kappa shape index (κ2) is 14.7. The van der Waals surface area contributed by atoms with Gasteiger partial charge >= 0.3 is 0 Å². The molecule has 1 aliphatic heterocycles. The van der Waals surface area contributed by atoms with Crippen LogP contribution in [0.1, 0.15) is 25.7 Å². The quantitative estimate of drug-likeness (QED) is 0.202. The van der Waals surface area contributed by atoms with Crippen molar-refractivity contribution in [2.75, 3.05) is 53.4 Å². The van der Waals surface area contributed by atoms with E-state index in [0.29, 0.717) is 11.6 Å². The van der Waals surface area contributed by atoms with Crippen molar-refractivity contribution in [2.45, 2.75) is 25.7 Å². The van der Waals surface area contributed by atoms with Crippen LogP contribution in [0.2, 0.25) is 5.02 Å². The van der Waals surface area contributed by atoms with Crippen molar-refractivity contribution in [1.29, 1.82) is 0 Å². The minimum absolute atomic E-state index is 0. The van der Waals surface area contributed by atoms with Crippen LogP contribution in [0.5, 0.6) is 5.75 Å². The van der Waals surface area contributed by atoms with Crippen molar-refractivity contribution in [2.24, 2.45) is 16.6 Å². The van der Waals surface area contributed by atoms with E-state index in [4.69, 9.17) is 22.1 Å². The molecule has 1 amide bonds. The molecule has 0 atom stereocenters. The van der Waals surface area contributed by atoms with Gasteiger partial charge in [0.05, 0.1) is 6.54 Å². The molecule has 0 aliphatic carbocycles. The Morgan fingerprint density at radius 1 is 1.30 bits per heavy atom. The third kappa shape index (κ3) is 9.70. The second-order valence-corrected chi connectivity index (χ2v) is 7.86. The Bertz CT molecular complexity index is 651. The smallest absolute Gasteiger partial charge is 0.220 e. The standard InChI is InChI=1S/C21H34ClN5O2.HI/c1-24-21(26(2)15-16-29-19-7-5-18(22)6-8-19)25-11-3-4-12-27-13-9-17(10-14-27)20(23)28;/h5-8,17H,3-4,9-16H2,1-2H3,(H2,23,28)(H,24,25);1H. The van der Waals surface area contributed by atoms with E-state index in [1.807, 2.05) is 31.3 Å². The van der Waals surface area contributed by atoms with Crippen LogP contribution >= 0.6 is 35.6 Å². The Morgan fingerprint density at radius 2 is 1.97 bits per heavy atom. The molecule has 9 heteroatoms. The number of aliphatic imine (C=N–C) groups is 1. The molecule has 3 N–H and O–H groups in total. The highest BCUT2D eigenvalue weighted by molar-refractivity contribution is 14.0. The molecule has 7 nitrogen and oxygen atoms in total. The number of nitrogens with one attached hydrogen (secondary N) is 1. The summed E-state index contributed by atoms with van der Waals surface area (Å²) in [6, 6.07) is 7.37. The fourth-order valence-electron chi connectivity index (χ4n) is 3.42. The molecule has 0 saturated carbocycles. The Labute approximate surface area is 202 Å². The molecule has 1 aliphatic rings. The van der Waals surface area contributed by atoms with Gasteiger partial charge in [0, 0.05) is 31.6 Å². The summed E-state index contributed by atoms with van der Waals surface area (Å²) in [6.07, 6.45) is 3.98. The normalized spacial score (nSPS) is 15.4. The summed E-state index contributed by atoms with van der Waals surface area (Å²) in [5.74, 6) is 1.59. The lowest BCUT2D eigenvalue weighted by Gasteiger charge is -2.30. The maximum atomic E-state index is 11.2. The number of nitrogens with two attached hydrogens (primary N) is 1. The molecule has 0 spiro atoms. The number of halogens is 2. The molecule has 2 rings (SSSR count). The average Bonchev–Trinajstić information content (AvgIpc) is 2.72. The largest absolute Gasteiger partial charge is 0.492 e. The summed E-state index contributed by atoms with van der Waals surface area (Å²) in [7, 11) is 3.80. The van der Waals surface area contributed by atoms with Crippen molar-refractivity contribution >= 4 is 47.4 Å². The maximum absolute atomic E-state index is 11.2. The number of hydrogen-bond donors (Lipinski definition) is 2. The molecule has 1 aromatic rings. The highest BCUT2D eigenvalue weighted by Gasteiger charge is 2.22. The molecule has 170 valence electrons. The van der Waals surface area contributed by atoms with Gasteiger partial charge in [0.25, 0.3) is 0 Å². The summed E-state index contributed by atoms with van der Waals surface area (Å²) in [5.41, 5.74) is 5.39. The van der Waals surface area contributed by atoms with Gasteiger partial charge in [-0.1, -0.05) is 11.6 Å². The number of hydrogen-bond acceptors (Lipinski definition) is 4. The monoisotopic (exact) mass is 551 g/mol. The molecule has 1 aromatic carbocycles. The number of unbranched alkanes of at least 4 members (excludes halogenated alkanes) is 1. The fraction of sp³-hybridized carbons (Fsp3) is 0.619. The number of nitrogens with zero attached hydrogens (tertiary/aromatic N) is 3. The highest BCUT2D eigenvalue weighted by atomic mass is 127. The van der Waals surface area contributed by atoms with Crippen LogP contribution in [0, 0.1) is 5.92 Å². The van der Waals surface area contributed by atoms with Crippen LogP contribution in [0.15, 0.2) is 29.3 Å². The summed E-state index contributed by atoms with van der Waals surface area (Å²) in [4.78, 5) is 20.1. The van der Waals surface area contributed by atoms with Gasteiger partial charge in [-0.05, 0) is 69.6 Å². The summed E-state index contributed by atoms with van der Waals surface area (Å²) in [5, 5.41) is 4.11. The van der Waals surface area contributed by atoms with Crippen LogP contribution < -0.4 is 15.8 Å². The third-order valence-corrected chi connectivity index (χ3v) is 5.51. The first-order valence-electron chi connectivity index (χ1n) is 10.3. The zero-order valence-corrected chi connectivity index (χ0v) is 21.1. The number of ether oxygens (including phenoxy) is 1. The van der Waals surface area contributed by atoms with Crippen molar-refractivity contribution in [3.63, 3.8) is 0 Å². The van der Waals surface area contributed by atoms with E-state index < -0.39 is 0 Å². The SMILES string of the molecule is CN=C(NCCCCN1CCC(C(N)=O)CC1)N(C)CCOc1ccc(Cl)cc1.I. The lowest BCUT2D eigenvalue weighted by Crippen LogP contribution is -2.41. The van der Waals surface area contributed by atoms with Crippen molar-refractivity contribution in [3.05, 3.63) is 29.3 Å². The summed E-state index contributed by atoms with van der Waals surface area (Å²) < 4.78 is 5.74. The third-order valence-electron chi connectivity index (χ3n) is 5.26. The van der Waals surface area contributed by atoms with Gasteiger partial charge in [-0.25, -0.2) is 0 Å². The fourth-order valence-corrected chi connectivity index (χ4v) is 3.55. The maximum Gasteiger partial charge on any atom is 0.220 e. The molecular formula is C21H35ClIN5O2. The van der Waals surface area contributed by atoms with Crippen LogP contribution in [0.3, 0.4) is 0 Å². The molecule has 30 heavy (non-hydrogen) atoms. The van der Waals surface area contributed by atoms with Gasteiger partial charge < -0.3 is 25.6 Å². The molecule has 1 heterocycles. The van der Waals surface area contributed by atoms with E-state index in [9.17, 15) is 4.79 Å². The number of rotatable bonds is 10. The zero-order valence-electron chi connectivity index (χ0n) is 18.0. The number of carbonyl (C=O) groups is 1. The van der Waals surface area contributed by atoms with Gasteiger partial charge in [-0.15, -0.1) is 24.0 Å². The minimum Gasteiger partial charge on any atom is -0.492 e. The number of benzene rings is 1. The minimum atomic E-state index is -0.150. The number of guanidine groups is 1. The van der Waals surface area contributed by atoms with Crippen LogP contribution in [0.4, 0.5) is 0 Å². The first kappa shape index (κ1) is 26.8. The van der Waals surface area contributed by atoms with Gasteiger partial charge in [0.2, 0.25) is 5.91 Å². The van der Waals surface area contributed by atoms with E-state index in [1.165, 1.54) is 0 Å². The van der Waals surface area contributed by atoms with Gasteiger partial charge in [-0.3, -0.25) is 9.79 Å². The Kier molecular flexibility index (Phi) is 13.1. The number of likely N-dealkylation sites (N-methyl/N-ethyl adjacent to an activating group) is 1. The average molecular weight is 552 g/mol. The topological polar surface area (TPSA) is 83.2 Å². The molecule has 0 aromatic heterocycles. The number of likely N-dealkylation sites (tertiary alicyclic amines) is 1. The first-order valence-corrected chi connectivity index (χ1v) is 10.7. The number of primary amides is 1. The van der Waals surface area contributed by atoms with Crippen molar-refractivity contribution < 1.29 is 9.53 Å². The Morgan fingerprint density at radius 3 is 2.57 bits per heavy atom. The van der Waals surface area contributed by atoms with Crippen molar-refractivity contribution in [1.82, 2.24) is 15.1 Å². The zero-order chi connectivity index (χ0) is 21.1. The number of carbonyl (C=O) groups excluding carboxylic acids is 1. The van der Waals surface area contributed by atoms with E-state index >= 15 is 0 Å². The molecular weight excluding hydrogens is 517 g/mol. The molecule has 0 radical (unpaired) electrons. The Balaban J connectivity index is 0.00000450. The highest BCUT2D eigenvalue weighted by Crippen LogP contribution is 2.17. The number of amides is 1. The first-order chi connectivity index (χ1) is 14.0. The van der Waals surface area contributed by atoms with E-state index in [-0.39, 0.29) is 35.8 Å². The van der Waals surface area contributed by atoms with Crippen molar-refractivity contribution in [3.8, 4) is 5.75 Å². The van der Waals surface area contributed by atoms with E-state index in [1.54, 1.807) is 7.05 Å². The lowest BCUT2D eigenvalue weighted by molar-refractivity contribution is -0.123. The van der Waals surface area contributed by atoms with Gasteiger partial charge in [0.1, 0.15) is 12.4 Å². The molecule has 1 saturated heterocycles. The molecule has 1 fully saturated rings. The Hall–Kier alpha value is -1.26.